The van der Waals surface area contributed by atoms with Gasteiger partial charge in [0.1, 0.15) is 17.3 Å². The lowest BCUT2D eigenvalue weighted by atomic mass is 10.0. The SMILES string of the molecule is CC(=O)[C@@H](N)Cc1ccc(OCCc2nc(-c3ccccc3)oc2C)cc1. The number of ether oxygens (including phenoxy) is 1. The van der Waals surface area contributed by atoms with Crippen LogP contribution in [0.4, 0.5) is 0 Å². The number of Topliss-reactive ketones (excluding diaryl/α,β-unsaturated/α-hetero) is 1. The fourth-order valence-corrected chi connectivity index (χ4v) is 2.75. The fraction of sp³-hybridized carbons (Fsp3) is 0.273. The maximum atomic E-state index is 11.2. The highest BCUT2D eigenvalue weighted by Crippen LogP contribution is 2.22. The van der Waals surface area contributed by atoms with Crippen molar-refractivity contribution < 1.29 is 13.9 Å². The van der Waals surface area contributed by atoms with Crippen LogP contribution in [0, 0.1) is 6.92 Å². The van der Waals surface area contributed by atoms with Gasteiger partial charge in [-0.05, 0) is 50.1 Å². The Morgan fingerprint density at radius 1 is 1.15 bits per heavy atom. The second kappa shape index (κ2) is 8.64. The lowest BCUT2D eigenvalue weighted by Crippen LogP contribution is -2.30. The summed E-state index contributed by atoms with van der Waals surface area (Å²) in [5.74, 6) is 2.22. The Kier molecular flexibility index (Phi) is 6.04. The maximum absolute atomic E-state index is 11.2. The molecule has 1 atom stereocenters. The molecule has 0 aliphatic carbocycles. The zero-order valence-electron chi connectivity index (χ0n) is 15.6. The topological polar surface area (TPSA) is 78.4 Å². The molecular formula is C22H24N2O3. The van der Waals surface area contributed by atoms with Crippen molar-refractivity contribution in [3.05, 3.63) is 71.6 Å². The van der Waals surface area contributed by atoms with Gasteiger partial charge in [0.15, 0.2) is 0 Å². The van der Waals surface area contributed by atoms with E-state index < -0.39 is 6.04 Å². The molecule has 5 heteroatoms. The summed E-state index contributed by atoms with van der Waals surface area (Å²) in [5, 5.41) is 0. The van der Waals surface area contributed by atoms with Crippen LogP contribution in [0.15, 0.2) is 59.0 Å². The van der Waals surface area contributed by atoms with Crippen LogP contribution in [0.2, 0.25) is 0 Å². The number of rotatable bonds is 8. The molecule has 2 aromatic carbocycles. The second-order valence-corrected chi connectivity index (χ2v) is 6.55. The summed E-state index contributed by atoms with van der Waals surface area (Å²) >= 11 is 0. The van der Waals surface area contributed by atoms with E-state index in [9.17, 15) is 4.79 Å². The van der Waals surface area contributed by atoms with Crippen molar-refractivity contribution in [1.82, 2.24) is 4.98 Å². The largest absolute Gasteiger partial charge is 0.493 e. The zero-order valence-corrected chi connectivity index (χ0v) is 15.6. The molecule has 140 valence electrons. The van der Waals surface area contributed by atoms with E-state index in [1.165, 1.54) is 6.92 Å². The van der Waals surface area contributed by atoms with Gasteiger partial charge in [-0.25, -0.2) is 4.98 Å². The summed E-state index contributed by atoms with van der Waals surface area (Å²) in [6.45, 7) is 3.94. The molecule has 0 aliphatic rings. The first-order valence-corrected chi connectivity index (χ1v) is 9.02. The number of benzene rings is 2. The summed E-state index contributed by atoms with van der Waals surface area (Å²) in [6, 6.07) is 17.1. The minimum absolute atomic E-state index is 0.00631. The Morgan fingerprint density at radius 3 is 2.52 bits per heavy atom. The molecule has 0 amide bonds. The van der Waals surface area contributed by atoms with Crippen molar-refractivity contribution in [1.29, 1.82) is 0 Å². The summed E-state index contributed by atoms with van der Waals surface area (Å²) in [7, 11) is 0. The van der Waals surface area contributed by atoms with E-state index in [2.05, 4.69) is 4.98 Å². The van der Waals surface area contributed by atoms with Gasteiger partial charge in [-0.15, -0.1) is 0 Å². The van der Waals surface area contributed by atoms with Crippen molar-refractivity contribution in [2.45, 2.75) is 32.7 Å². The predicted octanol–water partition coefficient (Wildman–Crippen LogP) is 3.73. The molecule has 3 aromatic rings. The molecule has 0 radical (unpaired) electrons. The number of aryl methyl sites for hydroxylation is 1. The molecule has 0 unspecified atom stereocenters. The molecule has 0 bridgehead atoms. The Bertz CT molecular complexity index is 886. The van der Waals surface area contributed by atoms with Crippen molar-refractivity contribution >= 4 is 5.78 Å². The summed E-state index contributed by atoms with van der Waals surface area (Å²) < 4.78 is 11.6. The Balaban J connectivity index is 1.54. The van der Waals surface area contributed by atoms with E-state index in [4.69, 9.17) is 14.9 Å². The van der Waals surface area contributed by atoms with E-state index in [-0.39, 0.29) is 5.78 Å². The number of aromatic nitrogens is 1. The number of carbonyl (C=O) groups is 1. The first-order valence-electron chi connectivity index (χ1n) is 9.02. The number of carbonyl (C=O) groups excluding carboxylic acids is 1. The molecule has 0 fully saturated rings. The molecule has 2 N–H and O–H groups in total. The Morgan fingerprint density at radius 2 is 1.85 bits per heavy atom. The lowest BCUT2D eigenvalue weighted by Gasteiger charge is -2.09. The molecular weight excluding hydrogens is 340 g/mol. The highest BCUT2D eigenvalue weighted by atomic mass is 16.5. The molecule has 27 heavy (non-hydrogen) atoms. The number of hydrogen-bond acceptors (Lipinski definition) is 5. The van der Waals surface area contributed by atoms with Gasteiger partial charge >= 0.3 is 0 Å². The van der Waals surface area contributed by atoms with Crippen LogP contribution in [0.1, 0.15) is 23.9 Å². The van der Waals surface area contributed by atoms with E-state index in [1.54, 1.807) is 0 Å². The van der Waals surface area contributed by atoms with Crippen LogP contribution < -0.4 is 10.5 Å². The van der Waals surface area contributed by atoms with E-state index in [0.717, 1.165) is 28.3 Å². The van der Waals surface area contributed by atoms with Gasteiger partial charge in [0.25, 0.3) is 0 Å². The molecule has 3 rings (SSSR count). The number of oxazole rings is 1. The third-order valence-electron chi connectivity index (χ3n) is 4.42. The second-order valence-electron chi connectivity index (χ2n) is 6.55. The predicted molar refractivity (Wildman–Crippen MR) is 105 cm³/mol. The number of nitrogens with zero attached hydrogens (tertiary/aromatic N) is 1. The third-order valence-corrected chi connectivity index (χ3v) is 4.42. The maximum Gasteiger partial charge on any atom is 0.226 e. The molecule has 1 heterocycles. The molecule has 1 aromatic heterocycles. The van der Waals surface area contributed by atoms with E-state index in [1.807, 2.05) is 61.5 Å². The summed E-state index contributed by atoms with van der Waals surface area (Å²) in [4.78, 5) is 15.8. The van der Waals surface area contributed by atoms with Crippen molar-refractivity contribution in [3.8, 4) is 17.2 Å². The van der Waals surface area contributed by atoms with Crippen LogP contribution in [0.3, 0.4) is 0 Å². The molecule has 0 saturated heterocycles. The van der Waals surface area contributed by atoms with Crippen molar-refractivity contribution in [2.24, 2.45) is 5.73 Å². The lowest BCUT2D eigenvalue weighted by molar-refractivity contribution is -0.118. The summed E-state index contributed by atoms with van der Waals surface area (Å²) in [5.41, 5.74) is 8.68. The van der Waals surface area contributed by atoms with Crippen LogP contribution in [-0.2, 0) is 17.6 Å². The Hall–Kier alpha value is -2.92. The van der Waals surface area contributed by atoms with Crippen LogP contribution in [0.5, 0.6) is 5.75 Å². The molecule has 0 saturated carbocycles. The third kappa shape index (κ3) is 5.05. The van der Waals surface area contributed by atoms with Crippen LogP contribution in [-0.4, -0.2) is 23.4 Å². The number of hydrogen-bond donors (Lipinski definition) is 1. The monoisotopic (exact) mass is 364 g/mol. The van der Waals surface area contributed by atoms with Gasteiger partial charge in [0, 0.05) is 12.0 Å². The summed E-state index contributed by atoms with van der Waals surface area (Å²) in [6.07, 6.45) is 1.20. The standard InChI is InChI=1S/C22H24N2O3/c1-15(25)20(23)14-17-8-10-19(11-9-17)26-13-12-21-16(2)27-22(24-21)18-6-4-3-5-7-18/h3-11,20H,12-14,23H2,1-2H3/t20-/m0/s1. The quantitative estimate of drug-likeness (QED) is 0.659. The zero-order chi connectivity index (χ0) is 19.2. The van der Waals surface area contributed by atoms with Gasteiger partial charge in [0.2, 0.25) is 5.89 Å². The van der Waals surface area contributed by atoms with Crippen molar-refractivity contribution in [2.75, 3.05) is 6.61 Å². The van der Waals surface area contributed by atoms with Gasteiger partial charge < -0.3 is 14.9 Å². The van der Waals surface area contributed by atoms with Crippen molar-refractivity contribution in [3.63, 3.8) is 0 Å². The van der Waals surface area contributed by atoms with E-state index >= 15 is 0 Å². The van der Waals surface area contributed by atoms with Crippen LogP contribution >= 0.6 is 0 Å². The first-order chi connectivity index (χ1) is 13.0. The highest BCUT2D eigenvalue weighted by molar-refractivity contribution is 5.81. The van der Waals surface area contributed by atoms with Gasteiger partial charge in [-0.3, -0.25) is 4.79 Å². The molecule has 0 spiro atoms. The van der Waals surface area contributed by atoms with Gasteiger partial charge in [0.05, 0.1) is 18.3 Å². The highest BCUT2D eigenvalue weighted by Gasteiger charge is 2.12. The molecule has 5 nitrogen and oxygen atoms in total. The van der Waals surface area contributed by atoms with Gasteiger partial charge in [-0.2, -0.15) is 0 Å². The Labute approximate surface area is 159 Å². The number of ketones is 1. The fourth-order valence-electron chi connectivity index (χ4n) is 2.75. The minimum Gasteiger partial charge on any atom is -0.493 e. The molecule has 0 aliphatic heterocycles. The number of nitrogens with two attached hydrogens (primary N) is 1. The average molecular weight is 364 g/mol. The smallest absolute Gasteiger partial charge is 0.226 e. The van der Waals surface area contributed by atoms with Crippen LogP contribution in [0.25, 0.3) is 11.5 Å². The minimum atomic E-state index is -0.453. The average Bonchev–Trinajstić information content (AvgIpc) is 3.04. The van der Waals surface area contributed by atoms with E-state index in [0.29, 0.717) is 25.3 Å². The normalized spacial score (nSPS) is 12.0. The first kappa shape index (κ1) is 18.9. The van der Waals surface area contributed by atoms with Gasteiger partial charge in [-0.1, -0.05) is 30.3 Å².